The van der Waals surface area contributed by atoms with Crippen LogP contribution in [0.5, 0.6) is 11.5 Å². The molecule has 0 fully saturated rings. The molecule has 0 aliphatic rings. The summed E-state index contributed by atoms with van der Waals surface area (Å²) in [7, 11) is -1.29. The number of nitrogens with one attached hydrogen (secondary N) is 2. The fraction of sp³-hybridized carbons (Fsp3) is 0.400. The van der Waals surface area contributed by atoms with Crippen molar-refractivity contribution in [1.29, 1.82) is 0 Å². The number of anilines is 2. The van der Waals surface area contributed by atoms with Crippen LogP contribution in [-0.2, 0) is 14.8 Å². The van der Waals surface area contributed by atoms with E-state index in [1.54, 1.807) is 20.8 Å². The molecule has 0 saturated carbocycles. The van der Waals surface area contributed by atoms with Crippen LogP contribution in [0.2, 0.25) is 5.02 Å². The van der Waals surface area contributed by atoms with Crippen LogP contribution >= 0.6 is 22.9 Å². The maximum Gasteiger partial charge on any atom is 0.291 e. The number of amides is 1. The molecule has 1 aromatic heterocycles. The van der Waals surface area contributed by atoms with Crippen molar-refractivity contribution in [2.24, 2.45) is 5.41 Å². The van der Waals surface area contributed by atoms with Crippen LogP contribution < -0.4 is 19.5 Å². The Kier molecular flexibility index (Phi) is 6.17. The molecule has 0 radical (unpaired) electrons. The predicted octanol–water partition coefficient (Wildman–Crippen LogP) is 2.99. The Bertz CT molecular complexity index is 954. The van der Waals surface area contributed by atoms with Crippen LogP contribution in [0.4, 0.5) is 10.8 Å². The molecule has 0 saturated heterocycles. The average molecular weight is 435 g/mol. The smallest absolute Gasteiger partial charge is 0.291 e. The lowest BCUT2D eigenvalue weighted by molar-refractivity contribution is -0.123. The lowest BCUT2D eigenvalue weighted by Gasteiger charge is -2.15. The SMILES string of the molecule is COc1cc(NS(=O)(=O)c2nnc(NC(=O)C(C)(C)C)s2)c(OC)cc1Cl. The fourth-order valence-corrected chi connectivity index (χ4v) is 3.97. The maximum absolute atomic E-state index is 12.6. The fourth-order valence-electron chi connectivity index (χ4n) is 1.78. The first-order valence-corrected chi connectivity index (χ1v) is 10.2. The van der Waals surface area contributed by atoms with E-state index in [4.69, 9.17) is 21.1 Å². The van der Waals surface area contributed by atoms with Crippen molar-refractivity contribution in [3.05, 3.63) is 17.2 Å². The summed E-state index contributed by atoms with van der Waals surface area (Å²) < 4.78 is 37.5. The Hall–Kier alpha value is -2.11. The number of carbonyl (C=O) groups is 1. The second-order valence-corrected chi connectivity index (χ2v) is 9.61. The van der Waals surface area contributed by atoms with E-state index in [0.717, 1.165) is 11.3 Å². The topological polar surface area (TPSA) is 120 Å². The lowest BCUT2D eigenvalue weighted by atomic mass is 9.96. The van der Waals surface area contributed by atoms with Crippen molar-refractivity contribution in [1.82, 2.24) is 10.2 Å². The van der Waals surface area contributed by atoms with Gasteiger partial charge in [0.1, 0.15) is 11.5 Å². The highest BCUT2D eigenvalue weighted by molar-refractivity contribution is 7.94. The highest BCUT2D eigenvalue weighted by Gasteiger charge is 2.26. The van der Waals surface area contributed by atoms with E-state index in [2.05, 4.69) is 20.2 Å². The number of benzene rings is 1. The number of nitrogens with zero attached hydrogens (tertiary/aromatic N) is 2. The molecule has 148 valence electrons. The van der Waals surface area contributed by atoms with Gasteiger partial charge >= 0.3 is 0 Å². The molecule has 1 heterocycles. The molecule has 2 N–H and O–H groups in total. The van der Waals surface area contributed by atoms with E-state index < -0.39 is 15.4 Å². The molecule has 9 nitrogen and oxygen atoms in total. The average Bonchev–Trinajstić information content (AvgIpc) is 3.04. The third-order valence-corrected chi connectivity index (χ3v) is 6.12. The number of methoxy groups -OCH3 is 2. The van der Waals surface area contributed by atoms with Crippen molar-refractivity contribution < 1.29 is 22.7 Å². The predicted molar refractivity (Wildman–Crippen MR) is 103 cm³/mol. The first-order valence-electron chi connectivity index (χ1n) is 7.57. The maximum atomic E-state index is 12.6. The Balaban J connectivity index is 2.29. The number of halogens is 1. The van der Waals surface area contributed by atoms with Crippen LogP contribution in [-0.4, -0.2) is 38.7 Å². The standard InChI is InChI=1S/C15H19ClN4O5S2/c1-15(2,3)12(21)17-13-18-19-14(26-13)27(22,23)20-9-7-10(24-4)8(16)6-11(9)25-5/h6-7,20H,1-5H3,(H,17,18,21). The van der Waals surface area contributed by atoms with Crippen molar-refractivity contribution in [3.8, 4) is 11.5 Å². The summed E-state index contributed by atoms with van der Waals surface area (Å²) in [6, 6.07) is 2.81. The molecule has 0 aliphatic carbocycles. The van der Waals surface area contributed by atoms with E-state index in [9.17, 15) is 13.2 Å². The second-order valence-electron chi connectivity index (χ2n) is 6.37. The highest BCUT2D eigenvalue weighted by Crippen LogP contribution is 2.37. The number of hydrogen-bond donors (Lipinski definition) is 2. The van der Waals surface area contributed by atoms with E-state index in [1.165, 1.54) is 26.4 Å². The van der Waals surface area contributed by atoms with Crippen molar-refractivity contribution >= 4 is 49.7 Å². The van der Waals surface area contributed by atoms with Crippen molar-refractivity contribution in [2.45, 2.75) is 25.1 Å². The number of sulfonamides is 1. The zero-order valence-electron chi connectivity index (χ0n) is 15.3. The van der Waals surface area contributed by atoms with E-state index in [0.29, 0.717) is 0 Å². The summed E-state index contributed by atoms with van der Waals surface area (Å²) in [6.45, 7) is 5.17. The van der Waals surface area contributed by atoms with Gasteiger partial charge in [0.2, 0.25) is 11.0 Å². The molecule has 27 heavy (non-hydrogen) atoms. The molecule has 12 heteroatoms. The van der Waals surface area contributed by atoms with Gasteiger partial charge in [-0.25, -0.2) is 0 Å². The molecule has 2 rings (SSSR count). The molecule has 0 spiro atoms. The van der Waals surface area contributed by atoms with Gasteiger partial charge in [-0.05, 0) is 0 Å². The van der Waals surface area contributed by atoms with Crippen LogP contribution in [0.25, 0.3) is 0 Å². The normalized spacial score (nSPS) is 11.8. The minimum Gasteiger partial charge on any atom is -0.495 e. The van der Waals surface area contributed by atoms with Crippen LogP contribution in [0, 0.1) is 5.41 Å². The van der Waals surface area contributed by atoms with Gasteiger partial charge in [0.05, 0.1) is 24.9 Å². The molecular weight excluding hydrogens is 416 g/mol. The first kappa shape index (κ1) is 21.2. The Morgan fingerprint density at radius 2 is 1.78 bits per heavy atom. The summed E-state index contributed by atoms with van der Waals surface area (Å²) in [6.07, 6.45) is 0. The van der Waals surface area contributed by atoms with E-state index in [-0.39, 0.29) is 37.6 Å². The number of rotatable bonds is 6. The Labute approximate surface area is 166 Å². The number of carbonyl (C=O) groups excluding carboxylic acids is 1. The quantitative estimate of drug-likeness (QED) is 0.670. The first-order chi connectivity index (χ1) is 12.5. The van der Waals surface area contributed by atoms with Gasteiger partial charge in [0.15, 0.2) is 0 Å². The summed E-state index contributed by atoms with van der Waals surface area (Å²) in [5.41, 5.74) is -0.537. The minimum atomic E-state index is -4.07. The number of ether oxygens (including phenoxy) is 2. The molecule has 1 amide bonds. The van der Waals surface area contributed by atoms with Gasteiger partial charge in [-0.15, -0.1) is 10.2 Å². The van der Waals surface area contributed by atoms with Gasteiger partial charge < -0.3 is 14.8 Å². The third kappa shape index (κ3) is 4.99. The summed E-state index contributed by atoms with van der Waals surface area (Å²) in [5.74, 6) is 0.167. The molecule has 1 aromatic carbocycles. The van der Waals surface area contributed by atoms with Gasteiger partial charge in [-0.1, -0.05) is 43.7 Å². The van der Waals surface area contributed by atoms with Crippen LogP contribution in [0.3, 0.4) is 0 Å². The van der Waals surface area contributed by atoms with Crippen molar-refractivity contribution in [3.63, 3.8) is 0 Å². The second kappa shape index (κ2) is 7.87. The van der Waals surface area contributed by atoms with Gasteiger partial charge in [0.25, 0.3) is 14.4 Å². The minimum absolute atomic E-state index is 0.0796. The van der Waals surface area contributed by atoms with Crippen molar-refractivity contribution in [2.75, 3.05) is 24.3 Å². The molecule has 2 aromatic rings. The van der Waals surface area contributed by atoms with E-state index >= 15 is 0 Å². The van der Waals surface area contributed by atoms with Crippen LogP contribution in [0.1, 0.15) is 20.8 Å². The number of hydrogen-bond acceptors (Lipinski definition) is 8. The molecular formula is C15H19ClN4O5S2. The molecule has 0 bridgehead atoms. The molecule has 0 unspecified atom stereocenters. The summed E-state index contributed by atoms with van der Waals surface area (Å²) >= 11 is 6.74. The Morgan fingerprint density at radius 3 is 2.33 bits per heavy atom. The largest absolute Gasteiger partial charge is 0.495 e. The lowest BCUT2D eigenvalue weighted by Crippen LogP contribution is -2.27. The number of aromatic nitrogens is 2. The summed E-state index contributed by atoms with van der Waals surface area (Å²) in [4.78, 5) is 12.0. The third-order valence-electron chi connectivity index (χ3n) is 3.26. The zero-order valence-corrected chi connectivity index (χ0v) is 17.7. The van der Waals surface area contributed by atoms with Gasteiger partial charge in [0, 0.05) is 17.5 Å². The van der Waals surface area contributed by atoms with Gasteiger partial charge in [-0.3, -0.25) is 9.52 Å². The highest BCUT2D eigenvalue weighted by atomic mass is 35.5. The Morgan fingerprint density at radius 1 is 1.15 bits per heavy atom. The van der Waals surface area contributed by atoms with Crippen LogP contribution in [0.15, 0.2) is 16.5 Å². The van der Waals surface area contributed by atoms with E-state index in [1.807, 2.05) is 0 Å². The van der Waals surface area contributed by atoms with Gasteiger partial charge in [-0.2, -0.15) is 8.42 Å². The molecule has 0 aliphatic heterocycles. The monoisotopic (exact) mass is 434 g/mol. The summed E-state index contributed by atoms with van der Waals surface area (Å²) in [5, 5.41) is 10.2. The zero-order chi connectivity index (χ0) is 20.4. The molecule has 0 atom stereocenters.